The third-order valence-electron chi connectivity index (χ3n) is 3.23. The van der Waals surface area contributed by atoms with Gasteiger partial charge in [0.25, 0.3) is 0 Å². The molecule has 20 heavy (non-hydrogen) atoms. The van der Waals surface area contributed by atoms with Gasteiger partial charge in [-0.25, -0.2) is 0 Å². The number of hydrogen-bond acceptors (Lipinski definition) is 2. The van der Waals surface area contributed by atoms with Crippen LogP contribution in [0.1, 0.15) is 11.3 Å². The predicted molar refractivity (Wildman–Crippen MR) is 83.7 cm³/mol. The van der Waals surface area contributed by atoms with E-state index in [1.54, 1.807) is 7.11 Å². The molecule has 2 heteroatoms. The first kappa shape index (κ1) is 12.4. The van der Waals surface area contributed by atoms with Gasteiger partial charge in [0, 0.05) is 11.6 Å². The first-order valence-electron chi connectivity index (χ1n) is 6.53. The van der Waals surface area contributed by atoms with E-state index in [0.717, 1.165) is 22.4 Å². The van der Waals surface area contributed by atoms with Crippen molar-refractivity contribution in [3.05, 3.63) is 72.1 Å². The second-order valence-corrected chi connectivity index (χ2v) is 4.53. The van der Waals surface area contributed by atoms with Gasteiger partial charge in [-0.2, -0.15) is 0 Å². The molecule has 0 unspecified atom stereocenters. The van der Waals surface area contributed by atoms with Gasteiger partial charge in [0.2, 0.25) is 0 Å². The Morgan fingerprint density at radius 1 is 0.950 bits per heavy atom. The third-order valence-corrected chi connectivity index (χ3v) is 3.23. The van der Waals surface area contributed by atoms with Crippen molar-refractivity contribution in [3.8, 4) is 5.75 Å². The maximum absolute atomic E-state index is 5.23. The van der Waals surface area contributed by atoms with Gasteiger partial charge < -0.3 is 4.74 Å². The Labute approximate surface area is 118 Å². The van der Waals surface area contributed by atoms with E-state index in [2.05, 4.69) is 23.2 Å². The molecule has 98 valence electrons. The molecule has 0 N–H and O–H groups in total. The van der Waals surface area contributed by atoms with Crippen LogP contribution in [-0.4, -0.2) is 12.1 Å². The van der Waals surface area contributed by atoms with Crippen molar-refractivity contribution in [2.24, 2.45) is 0 Å². The molecule has 0 spiro atoms. The molecule has 3 aromatic rings. The van der Waals surface area contributed by atoms with Gasteiger partial charge in [0.1, 0.15) is 5.75 Å². The summed E-state index contributed by atoms with van der Waals surface area (Å²) >= 11 is 0. The standard InChI is InChI=1S/C18H15NO/c1-20-16-7-4-5-14(13-16)9-10-18-17-8-3-2-6-15(17)11-12-19-18/h2-13H,1H3/b10-9+. The van der Waals surface area contributed by atoms with Gasteiger partial charge in [0.15, 0.2) is 0 Å². The molecule has 0 bridgehead atoms. The monoisotopic (exact) mass is 261 g/mol. The number of methoxy groups -OCH3 is 1. The lowest BCUT2D eigenvalue weighted by Crippen LogP contribution is -1.84. The molecule has 2 nitrogen and oxygen atoms in total. The first-order chi connectivity index (χ1) is 9.86. The summed E-state index contributed by atoms with van der Waals surface area (Å²) in [5.74, 6) is 0.859. The number of rotatable bonds is 3. The summed E-state index contributed by atoms with van der Waals surface area (Å²) in [4.78, 5) is 4.45. The van der Waals surface area contributed by atoms with Crippen LogP contribution in [-0.2, 0) is 0 Å². The molecular formula is C18H15NO. The molecule has 0 radical (unpaired) electrons. The number of ether oxygens (including phenoxy) is 1. The zero-order valence-corrected chi connectivity index (χ0v) is 11.3. The maximum Gasteiger partial charge on any atom is 0.119 e. The van der Waals surface area contributed by atoms with Crippen molar-refractivity contribution in [3.63, 3.8) is 0 Å². The highest BCUT2D eigenvalue weighted by atomic mass is 16.5. The summed E-state index contributed by atoms with van der Waals surface area (Å²) in [5, 5.41) is 2.36. The second kappa shape index (κ2) is 5.57. The van der Waals surface area contributed by atoms with Gasteiger partial charge in [0.05, 0.1) is 12.8 Å². The number of aromatic nitrogens is 1. The Morgan fingerprint density at radius 3 is 2.75 bits per heavy atom. The summed E-state index contributed by atoms with van der Waals surface area (Å²) in [6.07, 6.45) is 5.93. The first-order valence-corrected chi connectivity index (χ1v) is 6.53. The number of benzene rings is 2. The second-order valence-electron chi connectivity index (χ2n) is 4.53. The van der Waals surface area contributed by atoms with Crippen LogP contribution in [0.3, 0.4) is 0 Å². The van der Waals surface area contributed by atoms with Crippen LogP contribution in [0.5, 0.6) is 5.75 Å². The lowest BCUT2D eigenvalue weighted by Gasteiger charge is -2.02. The fourth-order valence-corrected chi connectivity index (χ4v) is 2.20. The van der Waals surface area contributed by atoms with E-state index in [1.807, 2.05) is 54.7 Å². The van der Waals surface area contributed by atoms with Crippen LogP contribution < -0.4 is 4.74 Å². The average Bonchev–Trinajstić information content (AvgIpc) is 2.53. The topological polar surface area (TPSA) is 22.1 Å². The summed E-state index contributed by atoms with van der Waals surface area (Å²) in [6.45, 7) is 0. The smallest absolute Gasteiger partial charge is 0.119 e. The van der Waals surface area contributed by atoms with E-state index in [-0.39, 0.29) is 0 Å². The van der Waals surface area contributed by atoms with Crippen molar-refractivity contribution in [1.82, 2.24) is 4.98 Å². The molecule has 0 saturated heterocycles. The highest BCUT2D eigenvalue weighted by Gasteiger charge is 1.98. The summed E-state index contributed by atoms with van der Waals surface area (Å²) in [7, 11) is 1.68. The molecule has 3 rings (SSSR count). The Morgan fingerprint density at radius 2 is 1.85 bits per heavy atom. The number of fused-ring (bicyclic) bond motifs is 1. The summed E-state index contributed by atoms with van der Waals surface area (Å²) < 4.78 is 5.23. The van der Waals surface area contributed by atoms with Crippen molar-refractivity contribution in [1.29, 1.82) is 0 Å². The molecule has 0 fully saturated rings. The van der Waals surface area contributed by atoms with Crippen molar-refractivity contribution >= 4 is 22.9 Å². The largest absolute Gasteiger partial charge is 0.497 e. The SMILES string of the molecule is COc1cccc(/C=C/c2nccc3ccccc23)c1. The Kier molecular flexibility index (Phi) is 3.46. The molecule has 0 aliphatic heterocycles. The molecule has 0 saturated carbocycles. The molecule has 0 aliphatic rings. The molecule has 2 aromatic carbocycles. The predicted octanol–water partition coefficient (Wildman–Crippen LogP) is 4.41. The van der Waals surface area contributed by atoms with Gasteiger partial charge >= 0.3 is 0 Å². The summed E-state index contributed by atoms with van der Waals surface area (Å²) in [5.41, 5.74) is 2.07. The van der Waals surface area contributed by atoms with Crippen LogP contribution in [0.4, 0.5) is 0 Å². The maximum atomic E-state index is 5.23. The lowest BCUT2D eigenvalue weighted by atomic mass is 10.1. The van der Waals surface area contributed by atoms with Crippen LogP contribution in [0.15, 0.2) is 60.8 Å². The van der Waals surface area contributed by atoms with Crippen LogP contribution in [0.25, 0.3) is 22.9 Å². The minimum Gasteiger partial charge on any atom is -0.497 e. The lowest BCUT2D eigenvalue weighted by molar-refractivity contribution is 0.414. The number of hydrogen-bond donors (Lipinski definition) is 0. The third kappa shape index (κ3) is 2.54. The van der Waals surface area contributed by atoms with Gasteiger partial charge in [-0.3, -0.25) is 4.98 Å². The quantitative estimate of drug-likeness (QED) is 0.696. The van der Waals surface area contributed by atoms with E-state index in [9.17, 15) is 0 Å². The normalized spacial score (nSPS) is 11.1. The fourth-order valence-electron chi connectivity index (χ4n) is 2.20. The molecule has 0 aliphatic carbocycles. The zero-order chi connectivity index (χ0) is 13.8. The molecular weight excluding hydrogens is 246 g/mol. The van der Waals surface area contributed by atoms with E-state index >= 15 is 0 Å². The van der Waals surface area contributed by atoms with E-state index < -0.39 is 0 Å². The van der Waals surface area contributed by atoms with E-state index in [4.69, 9.17) is 4.74 Å². The highest BCUT2D eigenvalue weighted by Crippen LogP contribution is 2.19. The molecule has 1 aromatic heterocycles. The number of pyridine rings is 1. The van der Waals surface area contributed by atoms with Crippen LogP contribution >= 0.6 is 0 Å². The minimum atomic E-state index is 0.859. The van der Waals surface area contributed by atoms with Crippen molar-refractivity contribution in [2.75, 3.05) is 7.11 Å². The zero-order valence-electron chi connectivity index (χ0n) is 11.3. The van der Waals surface area contributed by atoms with Crippen LogP contribution in [0.2, 0.25) is 0 Å². The van der Waals surface area contributed by atoms with Crippen molar-refractivity contribution < 1.29 is 4.74 Å². The Bertz CT molecular complexity index is 757. The van der Waals surface area contributed by atoms with Gasteiger partial charge in [-0.1, -0.05) is 42.5 Å². The Balaban J connectivity index is 1.98. The molecule has 0 amide bonds. The van der Waals surface area contributed by atoms with Gasteiger partial charge in [-0.05, 0) is 35.2 Å². The van der Waals surface area contributed by atoms with E-state index in [0.29, 0.717) is 0 Å². The van der Waals surface area contributed by atoms with E-state index in [1.165, 1.54) is 5.39 Å². The van der Waals surface area contributed by atoms with Gasteiger partial charge in [-0.15, -0.1) is 0 Å². The fraction of sp³-hybridized carbons (Fsp3) is 0.0556. The molecule has 1 heterocycles. The van der Waals surface area contributed by atoms with Crippen LogP contribution in [0, 0.1) is 0 Å². The van der Waals surface area contributed by atoms with Crippen molar-refractivity contribution in [2.45, 2.75) is 0 Å². The summed E-state index contributed by atoms with van der Waals surface area (Å²) in [6, 6.07) is 18.3. The highest BCUT2D eigenvalue weighted by molar-refractivity contribution is 5.91. The number of nitrogens with zero attached hydrogens (tertiary/aromatic N) is 1. The molecule has 0 atom stereocenters. The minimum absolute atomic E-state index is 0.859. The Hall–Kier alpha value is -2.61. The average molecular weight is 261 g/mol.